The van der Waals surface area contributed by atoms with Crippen molar-refractivity contribution in [3.8, 4) is 0 Å². The molecule has 1 heterocycles. The van der Waals surface area contributed by atoms with Gasteiger partial charge in [0.05, 0.1) is 34.9 Å². The van der Waals surface area contributed by atoms with Crippen LogP contribution in [0.5, 0.6) is 0 Å². The van der Waals surface area contributed by atoms with Crippen molar-refractivity contribution in [1.82, 2.24) is 0 Å². The van der Waals surface area contributed by atoms with Crippen molar-refractivity contribution in [3.05, 3.63) is 64.2 Å². The zero-order valence-electron chi connectivity index (χ0n) is 19.3. The smallest absolute Gasteiger partial charge is 0.416 e. The van der Waals surface area contributed by atoms with Gasteiger partial charge in [-0.1, -0.05) is 6.92 Å². The number of ketones is 1. The summed E-state index contributed by atoms with van der Waals surface area (Å²) in [5, 5.41) is 0. The van der Waals surface area contributed by atoms with Crippen LogP contribution in [0, 0.1) is 0 Å². The summed E-state index contributed by atoms with van der Waals surface area (Å²) in [6, 6.07) is 1.68. The lowest BCUT2D eigenvalue weighted by atomic mass is 9.79. The van der Waals surface area contributed by atoms with Gasteiger partial charge in [0, 0.05) is 11.6 Å². The van der Waals surface area contributed by atoms with E-state index in [1.165, 1.54) is 6.92 Å². The Balaban J connectivity index is 2.23. The highest BCUT2D eigenvalue weighted by atomic mass is 19.4. The number of rotatable bonds is 4. The molecule has 0 radical (unpaired) electrons. The Bertz CT molecular complexity index is 1150. The molecule has 2 aromatic rings. The third-order valence-electron chi connectivity index (χ3n) is 5.99. The van der Waals surface area contributed by atoms with Crippen molar-refractivity contribution >= 4 is 17.6 Å². The molecule has 0 saturated carbocycles. The maximum Gasteiger partial charge on any atom is 0.416 e. The van der Waals surface area contributed by atoms with Gasteiger partial charge in [-0.15, -0.1) is 0 Å². The van der Waals surface area contributed by atoms with E-state index in [9.17, 15) is 49.1 Å². The second-order valence-electron chi connectivity index (χ2n) is 8.35. The van der Waals surface area contributed by atoms with Crippen molar-refractivity contribution in [2.24, 2.45) is 0 Å². The van der Waals surface area contributed by atoms with Crippen molar-refractivity contribution in [2.75, 3.05) is 11.5 Å². The summed E-state index contributed by atoms with van der Waals surface area (Å²) >= 11 is 0. The number of alkyl halides is 9. The number of carbonyl (C=O) groups excluding carboxylic acids is 2. The molecule has 37 heavy (non-hydrogen) atoms. The highest BCUT2D eigenvalue weighted by Gasteiger charge is 2.43. The van der Waals surface area contributed by atoms with E-state index in [0.717, 1.165) is 11.0 Å². The normalized spacial score (nSPS) is 18.4. The SMILES string of the molecule is CCOC(=O)N1c2ccc(C(F)(F)F)cc2C(C(=O)c2cc(C(F)(F)F)cc(C(F)(F)F)c2)C[C@@H]1CC. The number of nitrogens with zero attached hydrogens (tertiary/aromatic N) is 1. The third-order valence-corrected chi connectivity index (χ3v) is 5.99. The van der Waals surface area contributed by atoms with Crippen LogP contribution < -0.4 is 4.90 Å². The second kappa shape index (κ2) is 9.90. The number of anilines is 1. The number of carbonyl (C=O) groups is 2. The molecular formula is C24H20F9NO3. The van der Waals surface area contributed by atoms with E-state index in [1.807, 2.05) is 0 Å². The molecule has 0 bridgehead atoms. The van der Waals surface area contributed by atoms with Crippen LogP contribution in [0.4, 0.5) is 50.0 Å². The van der Waals surface area contributed by atoms with E-state index < -0.39 is 64.6 Å². The Morgan fingerprint density at radius 2 is 1.38 bits per heavy atom. The van der Waals surface area contributed by atoms with Gasteiger partial charge in [0.2, 0.25) is 0 Å². The van der Waals surface area contributed by atoms with E-state index in [-0.39, 0.29) is 48.9 Å². The molecule has 0 aromatic heterocycles. The standard InChI is InChI=1S/C24H20F9NO3/c1-3-16-11-18(20(35)12-7-14(23(28,29)30)9-15(8-12)24(31,32)33)17-10-13(22(25,26)27)5-6-19(17)34(16)21(36)37-4-2/h5-10,16,18H,3-4,11H2,1-2H3/t16-,18?/m0/s1. The molecule has 3 rings (SSSR count). The molecule has 2 aromatic carbocycles. The molecular weight excluding hydrogens is 521 g/mol. The minimum Gasteiger partial charge on any atom is -0.449 e. The Kier molecular flexibility index (Phi) is 7.58. The van der Waals surface area contributed by atoms with Crippen LogP contribution in [0.3, 0.4) is 0 Å². The second-order valence-corrected chi connectivity index (χ2v) is 8.35. The minimum atomic E-state index is -5.23. The predicted molar refractivity (Wildman–Crippen MR) is 113 cm³/mol. The molecule has 0 saturated heterocycles. The topological polar surface area (TPSA) is 46.6 Å². The third kappa shape index (κ3) is 5.85. The van der Waals surface area contributed by atoms with Gasteiger partial charge in [-0.2, -0.15) is 39.5 Å². The van der Waals surface area contributed by atoms with Crippen molar-refractivity contribution in [1.29, 1.82) is 0 Å². The number of benzene rings is 2. The van der Waals surface area contributed by atoms with Crippen LogP contribution in [-0.2, 0) is 23.3 Å². The van der Waals surface area contributed by atoms with Gasteiger partial charge in [-0.25, -0.2) is 4.79 Å². The van der Waals surface area contributed by atoms with Crippen LogP contribution in [0.25, 0.3) is 0 Å². The first-order chi connectivity index (χ1) is 17.0. The maximum absolute atomic E-state index is 13.5. The van der Waals surface area contributed by atoms with E-state index >= 15 is 0 Å². The average molecular weight is 541 g/mol. The highest BCUT2D eigenvalue weighted by molar-refractivity contribution is 6.04. The molecule has 0 spiro atoms. The largest absolute Gasteiger partial charge is 0.449 e. The fourth-order valence-electron chi connectivity index (χ4n) is 4.27. The fourth-order valence-corrected chi connectivity index (χ4v) is 4.27. The number of hydrogen-bond acceptors (Lipinski definition) is 3. The zero-order chi connectivity index (χ0) is 27.9. The summed E-state index contributed by atoms with van der Waals surface area (Å²) in [4.78, 5) is 27.1. The van der Waals surface area contributed by atoms with Crippen molar-refractivity contribution in [3.63, 3.8) is 0 Å². The van der Waals surface area contributed by atoms with E-state index in [1.54, 1.807) is 6.92 Å². The Labute approximate surface area is 205 Å². The molecule has 1 unspecified atom stereocenters. The molecule has 0 N–H and O–H groups in total. The van der Waals surface area contributed by atoms with Gasteiger partial charge in [0.25, 0.3) is 0 Å². The molecule has 1 amide bonds. The lowest BCUT2D eigenvalue weighted by Crippen LogP contribution is -2.46. The number of fused-ring (bicyclic) bond motifs is 1. The number of Topliss-reactive ketones (excluding diaryl/α,β-unsaturated/α-hetero) is 1. The summed E-state index contributed by atoms with van der Waals surface area (Å²) < 4.78 is 125. The van der Waals surface area contributed by atoms with Crippen LogP contribution in [0.1, 0.15) is 65.2 Å². The van der Waals surface area contributed by atoms with Crippen LogP contribution >= 0.6 is 0 Å². The van der Waals surface area contributed by atoms with Crippen LogP contribution in [0.15, 0.2) is 36.4 Å². The van der Waals surface area contributed by atoms with Crippen molar-refractivity contribution < 1.29 is 53.8 Å². The molecule has 1 aliphatic heterocycles. The van der Waals surface area contributed by atoms with Gasteiger partial charge >= 0.3 is 24.6 Å². The number of amides is 1. The summed E-state index contributed by atoms with van der Waals surface area (Å²) in [6.07, 6.45) is -16.4. The monoisotopic (exact) mass is 541 g/mol. The maximum atomic E-state index is 13.5. The highest BCUT2D eigenvalue weighted by Crippen LogP contribution is 2.45. The van der Waals surface area contributed by atoms with Gasteiger partial charge < -0.3 is 4.74 Å². The summed E-state index contributed by atoms with van der Waals surface area (Å²) in [6.45, 7) is 3.02. The zero-order valence-corrected chi connectivity index (χ0v) is 19.3. The first kappa shape index (κ1) is 28.3. The Morgan fingerprint density at radius 3 is 1.84 bits per heavy atom. The fraction of sp³-hybridized carbons (Fsp3) is 0.417. The van der Waals surface area contributed by atoms with Crippen LogP contribution in [-0.4, -0.2) is 24.5 Å². The first-order valence-electron chi connectivity index (χ1n) is 11.0. The molecule has 4 nitrogen and oxygen atoms in total. The quantitative estimate of drug-likeness (QED) is 0.293. The van der Waals surface area contributed by atoms with Gasteiger partial charge in [0.1, 0.15) is 0 Å². The van der Waals surface area contributed by atoms with E-state index in [4.69, 9.17) is 4.74 Å². The number of ether oxygens (including phenoxy) is 1. The lowest BCUT2D eigenvalue weighted by Gasteiger charge is -2.39. The average Bonchev–Trinajstić information content (AvgIpc) is 2.80. The number of hydrogen-bond donors (Lipinski definition) is 0. The van der Waals surface area contributed by atoms with Gasteiger partial charge in [-0.3, -0.25) is 9.69 Å². The lowest BCUT2D eigenvalue weighted by molar-refractivity contribution is -0.143. The number of halogens is 9. The van der Waals surface area contributed by atoms with E-state index in [0.29, 0.717) is 12.1 Å². The summed E-state index contributed by atoms with van der Waals surface area (Å²) in [7, 11) is 0. The molecule has 1 aliphatic rings. The van der Waals surface area contributed by atoms with Crippen molar-refractivity contribution in [2.45, 2.75) is 57.2 Å². The Hall–Kier alpha value is -3.25. The minimum absolute atomic E-state index is 0.0749. The molecule has 202 valence electrons. The molecule has 13 heteroatoms. The summed E-state index contributed by atoms with van der Waals surface area (Å²) in [5.74, 6) is -2.79. The van der Waals surface area contributed by atoms with E-state index in [2.05, 4.69) is 0 Å². The summed E-state index contributed by atoms with van der Waals surface area (Å²) in [5.41, 5.74) is -6.14. The predicted octanol–water partition coefficient (Wildman–Crippen LogP) is 7.85. The molecule has 2 atom stereocenters. The molecule has 0 fully saturated rings. The Morgan fingerprint density at radius 1 is 0.838 bits per heavy atom. The molecule has 0 aliphatic carbocycles. The van der Waals surface area contributed by atoms with Crippen LogP contribution in [0.2, 0.25) is 0 Å². The van der Waals surface area contributed by atoms with Gasteiger partial charge in [-0.05, 0) is 61.7 Å². The van der Waals surface area contributed by atoms with Gasteiger partial charge in [0.15, 0.2) is 5.78 Å². The first-order valence-corrected chi connectivity index (χ1v) is 11.0.